The fourth-order valence-electron chi connectivity index (χ4n) is 2.24. The van der Waals surface area contributed by atoms with Crippen LogP contribution in [0.1, 0.15) is 5.56 Å². The van der Waals surface area contributed by atoms with Crippen molar-refractivity contribution in [1.29, 1.82) is 0 Å². The monoisotopic (exact) mass is 343 g/mol. The Morgan fingerprint density at radius 1 is 0.917 bits per heavy atom. The number of aromatic nitrogens is 2. The second-order valence-electron chi connectivity index (χ2n) is 5.60. The Hall–Kier alpha value is -2.51. The van der Waals surface area contributed by atoms with Crippen LogP contribution in [0.4, 0.5) is 0 Å². The Morgan fingerprint density at radius 3 is 2.08 bits per heavy atom. The van der Waals surface area contributed by atoms with Gasteiger partial charge in [0.15, 0.2) is 0 Å². The summed E-state index contributed by atoms with van der Waals surface area (Å²) in [4.78, 5) is 0.181. The maximum Gasteiger partial charge on any atom is 0.248 e. The molecule has 0 saturated heterocycles. The van der Waals surface area contributed by atoms with Crippen LogP contribution in [0.3, 0.4) is 0 Å². The van der Waals surface area contributed by atoms with Gasteiger partial charge in [-0.2, -0.15) is 0 Å². The molecular weight excluding hydrogens is 326 g/mol. The Morgan fingerprint density at radius 2 is 1.50 bits per heavy atom. The van der Waals surface area contributed by atoms with Gasteiger partial charge in [-0.25, -0.2) is 12.7 Å². The molecule has 7 heteroatoms. The Bertz CT molecular complexity index is 978. The highest BCUT2D eigenvalue weighted by Crippen LogP contribution is 2.26. The van der Waals surface area contributed by atoms with Crippen LogP contribution >= 0.6 is 0 Å². The van der Waals surface area contributed by atoms with E-state index >= 15 is 0 Å². The summed E-state index contributed by atoms with van der Waals surface area (Å²) in [5, 5.41) is 8.09. The molecule has 0 N–H and O–H groups in total. The van der Waals surface area contributed by atoms with E-state index in [-0.39, 0.29) is 10.8 Å². The summed E-state index contributed by atoms with van der Waals surface area (Å²) in [5.41, 5.74) is 2.47. The summed E-state index contributed by atoms with van der Waals surface area (Å²) in [7, 11) is -0.534. The van der Waals surface area contributed by atoms with E-state index in [9.17, 15) is 8.42 Å². The lowest BCUT2D eigenvalue weighted by atomic mass is 10.1. The molecule has 0 fully saturated rings. The van der Waals surface area contributed by atoms with E-state index in [1.54, 1.807) is 12.1 Å². The van der Waals surface area contributed by atoms with Crippen molar-refractivity contribution in [2.45, 2.75) is 11.8 Å². The molecule has 124 valence electrons. The predicted molar refractivity (Wildman–Crippen MR) is 90.8 cm³/mol. The van der Waals surface area contributed by atoms with Crippen LogP contribution in [-0.4, -0.2) is 37.0 Å². The number of hydrogen-bond acceptors (Lipinski definition) is 5. The number of benzene rings is 2. The first-order valence-electron chi connectivity index (χ1n) is 7.31. The highest BCUT2D eigenvalue weighted by molar-refractivity contribution is 7.89. The first-order valence-corrected chi connectivity index (χ1v) is 8.75. The van der Waals surface area contributed by atoms with E-state index in [1.807, 2.05) is 31.2 Å². The molecule has 0 aliphatic carbocycles. The molecule has 3 aromatic rings. The van der Waals surface area contributed by atoms with Gasteiger partial charge in [0, 0.05) is 25.2 Å². The molecule has 24 heavy (non-hydrogen) atoms. The molecule has 1 aromatic heterocycles. The van der Waals surface area contributed by atoms with Crippen molar-refractivity contribution >= 4 is 10.0 Å². The zero-order valence-corrected chi connectivity index (χ0v) is 14.4. The van der Waals surface area contributed by atoms with E-state index in [4.69, 9.17) is 4.42 Å². The lowest BCUT2D eigenvalue weighted by Crippen LogP contribution is -2.22. The number of hydrogen-bond donors (Lipinski definition) is 0. The van der Waals surface area contributed by atoms with Crippen molar-refractivity contribution in [3.05, 3.63) is 54.1 Å². The van der Waals surface area contributed by atoms with E-state index < -0.39 is 10.0 Å². The largest absolute Gasteiger partial charge is 0.416 e. The summed E-state index contributed by atoms with van der Waals surface area (Å²) >= 11 is 0. The van der Waals surface area contributed by atoms with Crippen LogP contribution < -0.4 is 0 Å². The van der Waals surface area contributed by atoms with Gasteiger partial charge < -0.3 is 4.42 Å². The Kier molecular flexibility index (Phi) is 4.21. The highest BCUT2D eigenvalue weighted by atomic mass is 32.2. The molecule has 3 rings (SSSR count). The van der Waals surface area contributed by atoms with Crippen LogP contribution in [0, 0.1) is 6.92 Å². The second-order valence-corrected chi connectivity index (χ2v) is 7.75. The molecule has 2 aromatic carbocycles. The molecule has 0 radical (unpaired) electrons. The summed E-state index contributed by atoms with van der Waals surface area (Å²) < 4.78 is 31.4. The van der Waals surface area contributed by atoms with Gasteiger partial charge in [0.1, 0.15) is 0 Å². The van der Waals surface area contributed by atoms with E-state index in [2.05, 4.69) is 10.2 Å². The average Bonchev–Trinajstić information content (AvgIpc) is 3.05. The van der Waals surface area contributed by atoms with E-state index in [0.29, 0.717) is 11.5 Å². The molecule has 0 spiro atoms. The summed E-state index contributed by atoms with van der Waals surface area (Å²) in [5.74, 6) is 0.678. The molecular formula is C17H17N3O3S. The average molecular weight is 343 g/mol. The molecule has 0 aliphatic rings. The van der Waals surface area contributed by atoms with Crippen molar-refractivity contribution in [3.8, 4) is 22.9 Å². The third kappa shape index (κ3) is 3.08. The van der Waals surface area contributed by atoms with Gasteiger partial charge in [-0.3, -0.25) is 0 Å². The Balaban J connectivity index is 2.00. The summed E-state index contributed by atoms with van der Waals surface area (Å²) in [6.45, 7) is 1.98. The molecule has 0 bridgehead atoms. The number of sulfonamides is 1. The molecule has 0 amide bonds. The van der Waals surface area contributed by atoms with Crippen LogP contribution in [0.25, 0.3) is 22.9 Å². The molecule has 1 heterocycles. The van der Waals surface area contributed by atoms with Gasteiger partial charge in [0.2, 0.25) is 21.8 Å². The molecule has 6 nitrogen and oxygen atoms in total. The maximum absolute atomic E-state index is 12.2. The standard InChI is InChI=1S/C17H17N3O3S/c1-12-6-4-7-13(10-12)16-18-19-17(23-16)14-8-5-9-15(11-14)24(21,22)20(2)3/h4-11H,1-3H3. The van der Waals surface area contributed by atoms with Crippen LogP contribution in [-0.2, 0) is 10.0 Å². The number of nitrogens with zero attached hydrogens (tertiary/aromatic N) is 3. The quantitative estimate of drug-likeness (QED) is 0.728. The third-order valence-corrected chi connectivity index (χ3v) is 5.36. The zero-order valence-electron chi connectivity index (χ0n) is 13.6. The first-order chi connectivity index (χ1) is 11.4. The van der Waals surface area contributed by atoms with E-state index in [1.165, 1.54) is 26.2 Å². The van der Waals surface area contributed by atoms with Crippen LogP contribution in [0.2, 0.25) is 0 Å². The maximum atomic E-state index is 12.2. The minimum absolute atomic E-state index is 0.181. The third-order valence-electron chi connectivity index (χ3n) is 3.55. The van der Waals surface area contributed by atoms with Crippen LogP contribution in [0.5, 0.6) is 0 Å². The number of aryl methyl sites for hydroxylation is 1. The molecule has 0 atom stereocenters. The topological polar surface area (TPSA) is 76.3 Å². The van der Waals surface area contributed by atoms with Gasteiger partial charge >= 0.3 is 0 Å². The zero-order chi connectivity index (χ0) is 17.3. The summed E-state index contributed by atoms with van der Waals surface area (Å²) in [6.07, 6.45) is 0. The second kappa shape index (κ2) is 6.18. The smallest absolute Gasteiger partial charge is 0.248 e. The van der Waals surface area contributed by atoms with Crippen LogP contribution in [0.15, 0.2) is 57.8 Å². The summed E-state index contributed by atoms with van der Waals surface area (Å²) in [6, 6.07) is 14.2. The number of rotatable bonds is 4. The van der Waals surface area contributed by atoms with Gasteiger partial charge in [0.25, 0.3) is 0 Å². The minimum atomic E-state index is -3.51. The van der Waals surface area contributed by atoms with E-state index in [0.717, 1.165) is 15.4 Å². The fourth-order valence-corrected chi connectivity index (χ4v) is 3.18. The first kappa shape index (κ1) is 16.4. The highest BCUT2D eigenvalue weighted by Gasteiger charge is 2.19. The lowest BCUT2D eigenvalue weighted by Gasteiger charge is -2.11. The minimum Gasteiger partial charge on any atom is -0.416 e. The van der Waals surface area contributed by atoms with Crippen molar-refractivity contribution in [1.82, 2.24) is 14.5 Å². The molecule has 0 saturated carbocycles. The predicted octanol–water partition coefficient (Wildman–Crippen LogP) is 2.96. The van der Waals surface area contributed by atoms with Crippen molar-refractivity contribution in [2.75, 3.05) is 14.1 Å². The van der Waals surface area contributed by atoms with Crippen molar-refractivity contribution in [2.24, 2.45) is 0 Å². The van der Waals surface area contributed by atoms with Gasteiger partial charge in [-0.1, -0.05) is 23.8 Å². The lowest BCUT2D eigenvalue weighted by molar-refractivity contribution is 0.520. The Labute approximate surface area is 140 Å². The van der Waals surface area contributed by atoms with Gasteiger partial charge in [-0.15, -0.1) is 10.2 Å². The van der Waals surface area contributed by atoms with Gasteiger partial charge in [-0.05, 0) is 37.3 Å². The van der Waals surface area contributed by atoms with Gasteiger partial charge in [0.05, 0.1) is 4.90 Å². The molecule has 0 aliphatic heterocycles. The van der Waals surface area contributed by atoms with Crippen molar-refractivity contribution in [3.63, 3.8) is 0 Å². The normalized spacial score (nSPS) is 11.8. The fraction of sp³-hybridized carbons (Fsp3) is 0.176. The molecule has 0 unspecified atom stereocenters. The SMILES string of the molecule is Cc1cccc(-c2nnc(-c3cccc(S(=O)(=O)N(C)C)c3)o2)c1. The van der Waals surface area contributed by atoms with Crippen molar-refractivity contribution < 1.29 is 12.8 Å².